The lowest BCUT2D eigenvalue weighted by Gasteiger charge is -2.46. The molecule has 2 heterocycles. The molecule has 3 fully saturated rings. The molecule has 4 unspecified atom stereocenters. The molecule has 3 aliphatic rings. The zero-order chi connectivity index (χ0) is 12.4. The first kappa shape index (κ1) is 12.9. The molecule has 4 heteroatoms. The van der Waals surface area contributed by atoms with E-state index in [4.69, 9.17) is 15.2 Å². The van der Waals surface area contributed by atoms with Gasteiger partial charge >= 0.3 is 0 Å². The van der Waals surface area contributed by atoms with E-state index in [1.807, 2.05) is 0 Å². The maximum atomic E-state index is 6.23. The number of nitrogens with two attached hydrogens (primary N) is 1. The third-order valence-electron chi connectivity index (χ3n) is 4.85. The molecule has 0 radical (unpaired) electrons. The molecule has 0 amide bonds. The van der Waals surface area contributed by atoms with Crippen LogP contribution in [0.3, 0.4) is 0 Å². The van der Waals surface area contributed by atoms with Crippen molar-refractivity contribution in [2.24, 2.45) is 11.7 Å². The van der Waals surface area contributed by atoms with Crippen LogP contribution in [-0.2, 0) is 9.47 Å². The predicted molar refractivity (Wildman–Crippen MR) is 70.5 cm³/mol. The van der Waals surface area contributed by atoms with Gasteiger partial charge in [0.05, 0.1) is 19.3 Å². The van der Waals surface area contributed by atoms with Crippen molar-refractivity contribution in [2.45, 2.75) is 50.3 Å². The molecule has 0 aromatic carbocycles. The van der Waals surface area contributed by atoms with Crippen LogP contribution in [0.2, 0.25) is 0 Å². The van der Waals surface area contributed by atoms with Gasteiger partial charge < -0.3 is 15.2 Å². The van der Waals surface area contributed by atoms with Crippen LogP contribution in [0.5, 0.6) is 0 Å². The van der Waals surface area contributed by atoms with Crippen molar-refractivity contribution in [1.29, 1.82) is 0 Å². The molecule has 4 atom stereocenters. The Labute approximate surface area is 110 Å². The summed E-state index contributed by atoms with van der Waals surface area (Å²) in [5.41, 5.74) is 6.23. The van der Waals surface area contributed by atoms with Crippen LogP contribution in [0.1, 0.15) is 32.1 Å². The van der Waals surface area contributed by atoms with Crippen molar-refractivity contribution in [2.75, 3.05) is 32.9 Å². The molecule has 1 aliphatic carbocycles. The van der Waals surface area contributed by atoms with E-state index < -0.39 is 0 Å². The van der Waals surface area contributed by atoms with E-state index in [1.54, 1.807) is 0 Å². The van der Waals surface area contributed by atoms with Crippen molar-refractivity contribution in [3.05, 3.63) is 0 Å². The number of hydrogen-bond donors (Lipinski definition) is 1. The maximum absolute atomic E-state index is 6.23. The molecule has 104 valence electrons. The quantitative estimate of drug-likeness (QED) is 0.798. The molecule has 3 rings (SSSR count). The molecule has 0 spiro atoms. The standard InChI is InChI=1S/C14H26N2O2/c15-12-5-7-17-10-11(12)9-16-6-8-18-14-4-2-1-3-13(14)16/h11-14H,1-10,15H2. The first-order chi connectivity index (χ1) is 8.84. The number of rotatable bonds is 2. The first-order valence-electron chi connectivity index (χ1n) is 7.53. The molecule has 2 aliphatic heterocycles. The normalized spacial score (nSPS) is 42.5. The summed E-state index contributed by atoms with van der Waals surface area (Å²) in [6.07, 6.45) is 6.73. The highest BCUT2D eigenvalue weighted by atomic mass is 16.5. The zero-order valence-corrected chi connectivity index (χ0v) is 11.2. The Kier molecular flexibility index (Phi) is 4.19. The van der Waals surface area contributed by atoms with Gasteiger partial charge in [-0.05, 0) is 19.3 Å². The highest BCUT2D eigenvalue weighted by Gasteiger charge is 2.36. The van der Waals surface area contributed by atoms with Crippen molar-refractivity contribution in [3.8, 4) is 0 Å². The zero-order valence-electron chi connectivity index (χ0n) is 11.2. The summed E-state index contributed by atoms with van der Waals surface area (Å²) in [6, 6.07) is 0.963. The van der Waals surface area contributed by atoms with Crippen LogP contribution in [0.4, 0.5) is 0 Å². The van der Waals surface area contributed by atoms with Crippen LogP contribution in [-0.4, -0.2) is 56.0 Å². The van der Waals surface area contributed by atoms with Gasteiger partial charge in [0.2, 0.25) is 0 Å². The van der Waals surface area contributed by atoms with Crippen LogP contribution < -0.4 is 5.73 Å². The number of ether oxygens (including phenoxy) is 2. The van der Waals surface area contributed by atoms with E-state index in [-0.39, 0.29) is 0 Å². The minimum atomic E-state index is 0.323. The van der Waals surface area contributed by atoms with E-state index in [0.717, 1.165) is 39.3 Å². The summed E-state index contributed by atoms with van der Waals surface area (Å²) < 4.78 is 11.5. The Morgan fingerprint density at radius 3 is 2.89 bits per heavy atom. The summed E-state index contributed by atoms with van der Waals surface area (Å²) in [5.74, 6) is 0.513. The summed E-state index contributed by atoms with van der Waals surface area (Å²) in [6.45, 7) is 4.75. The van der Waals surface area contributed by atoms with Gasteiger partial charge in [0.25, 0.3) is 0 Å². The lowest BCUT2D eigenvalue weighted by Crippen LogP contribution is -2.56. The molecular weight excluding hydrogens is 228 g/mol. The van der Waals surface area contributed by atoms with Gasteiger partial charge in [-0.25, -0.2) is 0 Å². The Hall–Kier alpha value is -0.160. The lowest BCUT2D eigenvalue weighted by atomic mass is 9.88. The van der Waals surface area contributed by atoms with Crippen LogP contribution in [0, 0.1) is 5.92 Å². The topological polar surface area (TPSA) is 47.7 Å². The molecule has 0 aromatic heterocycles. The monoisotopic (exact) mass is 254 g/mol. The third kappa shape index (κ3) is 2.72. The average molecular weight is 254 g/mol. The van der Waals surface area contributed by atoms with Crippen LogP contribution in [0.25, 0.3) is 0 Å². The van der Waals surface area contributed by atoms with Gasteiger partial charge in [0.15, 0.2) is 0 Å². The van der Waals surface area contributed by atoms with E-state index in [0.29, 0.717) is 24.1 Å². The molecule has 18 heavy (non-hydrogen) atoms. The third-order valence-corrected chi connectivity index (χ3v) is 4.85. The molecular formula is C14H26N2O2. The van der Waals surface area contributed by atoms with Gasteiger partial charge in [-0.15, -0.1) is 0 Å². The van der Waals surface area contributed by atoms with Crippen molar-refractivity contribution >= 4 is 0 Å². The molecule has 2 N–H and O–H groups in total. The van der Waals surface area contributed by atoms with Crippen molar-refractivity contribution in [3.63, 3.8) is 0 Å². The fourth-order valence-corrected chi connectivity index (χ4v) is 3.71. The molecule has 0 aromatic rings. The lowest BCUT2D eigenvalue weighted by molar-refractivity contribution is -0.0988. The molecule has 4 nitrogen and oxygen atoms in total. The Morgan fingerprint density at radius 1 is 1.11 bits per heavy atom. The first-order valence-corrected chi connectivity index (χ1v) is 7.53. The van der Waals surface area contributed by atoms with E-state index >= 15 is 0 Å². The summed E-state index contributed by atoms with van der Waals surface area (Å²) in [4.78, 5) is 2.63. The molecule has 1 saturated carbocycles. The minimum absolute atomic E-state index is 0.323. The molecule has 2 saturated heterocycles. The number of nitrogens with zero attached hydrogens (tertiary/aromatic N) is 1. The predicted octanol–water partition coefficient (Wildman–Crippen LogP) is 0.994. The summed E-state index contributed by atoms with van der Waals surface area (Å²) in [5, 5.41) is 0. The fourth-order valence-electron chi connectivity index (χ4n) is 3.71. The van der Waals surface area contributed by atoms with Gasteiger partial charge in [-0.1, -0.05) is 12.8 Å². The largest absolute Gasteiger partial charge is 0.381 e. The minimum Gasteiger partial charge on any atom is -0.381 e. The SMILES string of the molecule is NC1CCOCC1CN1CCOC2CCCCC21. The maximum Gasteiger partial charge on any atom is 0.0730 e. The van der Waals surface area contributed by atoms with E-state index in [2.05, 4.69) is 4.90 Å². The number of morpholine rings is 1. The highest BCUT2D eigenvalue weighted by molar-refractivity contribution is 4.90. The van der Waals surface area contributed by atoms with E-state index in [1.165, 1.54) is 25.7 Å². The average Bonchev–Trinajstić information content (AvgIpc) is 2.42. The van der Waals surface area contributed by atoms with E-state index in [9.17, 15) is 0 Å². The number of fused-ring (bicyclic) bond motifs is 1. The van der Waals surface area contributed by atoms with Crippen molar-refractivity contribution in [1.82, 2.24) is 4.90 Å². The van der Waals surface area contributed by atoms with Gasteiger partial charge in [-0.3, -0.25) is 4.90 Å². The van der Waals surface area contributed by atoms with Gasteiger partial charge in [-0.2, -0.15) is 0 Å². The second-order valence-electron chi connectivity index (χ2n) is 6.04. The summed E-state index contributed by atoms with van der Waals surface area (Å²) >= 11 is 0. The Balaban J connectivity index is 1.60. The Bertz CT molecular complexity index is 273. The molecule has 0 bridgehead atoms. The second-order valence-corrected chi connectivity index (χ2v) is 6.04. The summed E-state index contributed by atoms with van der Waals surface area (Å²) in [7, 11) is 0. The van der Waals surface area contributed by atoms with Gasteiger partial charge in [0.1, 0.15) is 0 Å². The number of hydrogen-bond acceptors (Lipinski definition) is 4. The highest BCUT2D eigenvalue weighted by Crippen LogP contribution is 2.29. The second kappa shape index (κ2) is 5.87. The Morgan fingerprint density at radius 2 is 2.00 bits per heavy atom. The van der Waals surface area contributed by atoms with Gasteiger partial charge in [0, 0.05) is 37.7 Å². The fraction of sp³-hybridized carbons (Fsp3) is 1.00. The van der Waals surface area contributed by atoms with Crippen LogP contribution >= 0.6 is 0 Å². The smallest absolute Gasteiger partial charge is 0.0730 e. The van der Waals surface area contributed by atoms with Crippen LogP contribution in [0.15, 0.2) is 0 Å². The van der Waals surface area contributed by atoms with Crippen molar-refractivity contribution < 1.29 is 9.47 Å².